The van der Waals surface area contributed by atoms with E-state index in [1.807, 2.05) is 11.8 Å². The van der Waals surface area contributed by atoms with Gasteiger partial charge in [0.05, 0.1) is 16.8 Å². The summed E-state index contributed by atoms with van der Waals surface area (Å²) >= 11 is 1.86. The molecule has 1 spiro atoms. The molecule has 0 atom stereocenters. The first-order valence-electron chi connectivity index (χ1n) is 18.8. The lowest BCUT2D eigenvalue weighted by atomic mass is 9.67. The Hall–Kier alpha value is -6.55. The van der Waals surface area contributed by atoms with Crippen molar-refractivity contribution in [3.05, 3.63) is 221 Å². The zero-order valence-electron chi connectivity index (χ0n) is 30.3. The van der Waals surface area contributed by atoms with Crippen LogP contribution in [0.15, 0.2) is 203 Å². The van der Waals surface area contributed by atoms with Gasteiger partial charge in [-0.3, -0.25) is 0 Å². The van der Waals surface area contributed by atoms with Crippen LogP contribution in [0.2, 0.25) is 0 Å². The van der Waals surface area contributed by atoms with Gasteiger partial charge in [-0.05, 0) is 96.6 Å². The minimum absolute atomic E-state index is 0.477. The zero-order valence-corrected chi connectivity index (χ0v) is 31.1. The van der Waals surface area contributed by atoms with Crippen LogP contribution in [0.1, 0.15) is 45.9 Å². The maximum Gasteiger partial charge on any atom is 0.0970 e. The van der Waals surface area contributed by atoms with Gasteiger partial charge in [0.2, 0.25) is 0 Å². The van der Waals surface area contributed by atoms with Crippen LogP contribution in [0, 0.1) is 0 Å². The molecule has 0 radical (unpaired) electrons. The van der Waals surface area contributed by atoms with Crippen molar-refractivity contribution in [2.75, 3.05) is 0 Å². The first-order chi connectivity index (χ1) is 27.1. The molecule has 8 aromatic rings. The maximum atomic E-state index is 5.23. The first-order valence-corrected chi connectivity index (χ1v) is 19.6. The summed E-state index contributed by atoms with van der Waals surface area (Å²) in [4.78, 5) is 2.57. The van der Waals surface area contributed by atoms with E-state index < -0.39 is 5.41 Å². The van der Waals surface area contributed by atoms with Crippen molar-refractivity contribution in [2.24, 2.45) is 10.2 Å². The van der Waals surface area contributed by atoms with E-state index >= 15 is 0 Å². The molecule has 11 rings (SSSR count). The van der Waals surface area contributed by atoms with Gasteiger partial charge in [0.25, 0.3) is 0 Å². The quantitative estimate of drug-likeness (QED) is 0.128. The molecular formula is C52H34N2S. The molecule has 2 nitrogen and oxygen atoms in total. The number of rotatable bonds is 5. The van der Waals surface area contributed by atoms with E-state index in [4.69, 9.17) is 10.2 Å². The van der Waals surface area contributed by atoms with Gasteiger partial charge >= 0.3 is 0 Å². The molecule has 0 saturated heterocycles. The van der Waals surface area contributed by atoms with Gasteiger partial charge < -0.3 is 0 Å². The Kier molecular flexibility index (Phi) is 7.11. The molecule has 0 amide bonds. The fraction of sp³-hybridized carbons (Fsp3) is 0.0385. The number of fused-ring (bicyclic) bond motifs is 12. The third-order valence-electron chi connectivity index (χ3n) is 11.8. The fourth-order valence-electron chi connectivity index (χ4n) is 9.48. The predicted octanol–water partition coefficient (Wildman–Crippen LogP) is 14.3. The number of hydrogen-bond donors (Lipinski definition) is 0. The Morgan fingerprint density at radius 1 is 0.473 bits per heavy atom. The number of azo groups is 1. The fourth-order valence-corrected chi connectivity index (χ4v) is 10.7. The maximum absolute atomic E-state index is 5.23. The average Bonchev–Trinajstić information content (AvgIpc) is 3.73. The van der Waals surface area contributed by atoms with E-state index in [2.05, 4.69) is 189 Å². The topological polar surface area (TPSA) is 24.7 Å². The van der Waals surface area contributed by atoms with Crippen LogP contribution in [0.5, 0.6) is 0 Å². The minimum atomic E-state index is -0.477. The lowest BCUT2D eigenvalue weighted by molar-refractivity contribution is 0.722. The largest absolute Gasteiger partial charge is 0.151 e. The van der Waals surface area contributed by atoms with E-state index in [0.29, 0.717) is 5.70 Å². The Bertz CT molecular complexity index is 2910. The number of allylic oxidation sites excluding steroid dienone is 1. The number of nitrogens with zero attached hydrogens (tertiary/aromatic N) is 2. The Balaban J connectivity index is 1.13. The minimum Gasteiger partial charge on any atom is -0.151 e. The van der Waals surface area contributed by atoms with E-state index in [-0.39, 0.29) is 0 Å². The lowest BCUT2D eigenvalue weighted by Gasteiger charge is -2.39. The lowest BCUT2D eigenvalue weighted by Crippen LogP contribution is -2.31. The van der Waals surface area contributed by atoms with Crippen molar-refractivity contribution < 1.29 is 0 Å². The number of hydrogen-bond acceptors (Lipinski definition) is 3. The molecule has 0 bridgehead atoms. The molecule has 0 fully saturated rings. The van der Waals surface area contributed by atoms with Crippen molar-refractivity contribution in [1.29, 1.82) is 0 Å². The van der Waals surface area contributed by atoms with Crippen molar-refractivity contribution in [3.63, 3.8) is 0 Å². The van der Waals surface area contributed by atoms with Crippen LogP contribution in [0.25, 0.3) is 61.1 Å². The molecule has 2 aliphatic carbocycles. The second-order valence-electron chi connectivity index (χ2n) is 14.5. The molecule has 55 heavy (non-hydrogen) atoms. The second-order valence-corrected chi connectivity index (χ2v) is 15.6. The molecule has 258 valence electrons. The van der Waals surface area contributed by atoms with Crippen LogP contribution in [0.4, 0.5) is 0 Å². The number of benzene rings is 8. The molecule has 8 aromatic carbocycles. The Labute approximate surface area is 325 Å². The van der Waals surface area contributed by atoms with Crippen LogP contribution in [0.3, 0.4) is 0 Å². The van der Waals surface area contributed by atoms with Crippen LogP contribution in [-0.4, -0.2) is 0 Å². The van der Waals surface area contributed by atoms with Crippen LogP contribution in [-0.2, 0) is 5.41 Å². The van der Waals surface area contributed by atoms with Crippen molar-refractivity contribution in [3.8, 4) is 33.4 Å². The standard InChI is InChI=1S/C52H34N2S/c1-32(34-16-4-3-5-17-34)51(54-53-33(2)35-30-31-40-37-19-7-6-18-36(37)39-22-14-21-38(35)49(39)40)42-23-15-27-46-50(42)41-20-8-9-24-43(41)52(46)44-25-10-12-28-47(44)55-48-29-13-11-26-45(48)52/h3-31H,2H2,1H3/b51-32+,54-53?. The summed E-state index contributed by atoms with van der Waals surface area (Å²) in [6, 6.07) is 63.7. The molecule has 1 aliphatic heterocycles. The highest BCUT2D eigenvalue weighted by molar-refractivity contribution is 7.99. The zero-order chi connectivity index (χ0) is 36.7. The molecule has 0 saturated carbocycles. The molecule has 0 aromatic heterocycles. The summed E-state index contributed by atoms with van der Waals surface area (Å²) < 4.78 is 0. The summed E-state index contributed by atoms with van der Waals surface area (Å²) in [5.41, 5.74) is 17.9. The molecular weight excluding hydrogens is 685 g/mol. The summed E-state index contributed by atoms with van der Waals surface area (Å²) in [7, 11) is 0. The first kappa shape index (κ1) is 31.9. The van der Waals surface area contributed by atoms with Gasteiger partial charge in [-0.25, -0.2) is 0 Å². The Morgan fingerprint density at radius 2 is 1.04 bits per heavy atom. The normalized spacial score (nSPS) is 14.3. The molecule has 3 heteroatoms. The van der Waals surface area contributed by atoms with Crippen LogP contribution >= 0.6 is 11.8 Å². The molecule has 3 aliphatic rings. The van der Waals surface area contributed by atoms with E-state index in [9.17, 15) is 0 Å². The third kappa shape index (κ3) is 4.51. The molecule has 0 unspecified atom stereocenters. The Morgan fingerprint density at radius 3 is 1.76 bits per heavy atom. The van der Waals surface area contributed by atoms with Gasteiger partial charge in [-0.15, -0.1) is 5.11 Å². The predicted molar refractivity (Wildman–Crippen MR) is 229 cm³/mol. The summed E-state index contributed by atoms with van der Waals surface area (Å²) in [5, 5.41) is 12.6. The van der Waals surface area contributed by atoms with E-state index in [1.165, 1.54) is 70.8 Å². The highest BCUT2D eigenvalue weighted by Crippen LogP contribution is 2.63. The van der Waals surface area contributed by atoms with Crippen molar-refractivity contribution in [2.45, 2.75) is 22.1 Å². The molecule has 1 heterocycles. The van der Waals surface area contributed by atoms with Gasteiger partial charge in [-0.2, -0.15) is 5.11 Å². The smallest absolute Gasteiger partial charge is 0.0970 e. The highest BCUT2D eigenvalue weighted by atomic mass is 32.2. The highest BCUT2D eigenvalue weighted by Gasteiger charge is 2.50. The monoisotopic (exact) mass is 718 g/mol. The van der Waals surface area contributed by atoms with E-state index in [0.717, 1.165) is 33.3 Å². The van der Waals surface area contributed by atoms with Gasteiger partial charge in [-0.1, -0.05) is 182 Å². The summed E-state index contributed by atoms with van der Waals surface area (Å²) in [6.07, 6.45) is 0. The van der Waals surface area contributed by atoms with Gasteiger partial charge in [0, 0.05) is 20.9 Å². The molecule has 0 N–H and O–H groups in total. The SMILES string of the molecule is C=C(N=N/C(=C(\C)c1ccccc1)c1cccc2c1-c1ccccc1C21c2ccccc2Sc2ccccc21)c1ccc2c3c(cccc13)-c1ccccc1-2. The summed E-state index contributed by atoms with van der Waals surface area (Å²) in [6.45, 7) is 6.71. The van der Waals surface area contributed by atoms with Crippen molar-refractivity contribution in [1.82, 2.24) is 0 Å². The van der Waals surface area contributed by atoms with Crippen LogP contribution < -0.4 is 0 Å². The average molecular weight is 719 g/mol. The van der Waals surface area contributed by atoms with Gasteiger partial charge in [0.15, 0.2) is 0 Å². The summed E-state index contributed by atoms with van der Waals surface area (Å²) in [5.74, 6) is 0. The van der Waals surface area contributed by atoms with Crippen molar-refractivity contribution >= 4 is 39.5 Å². The third-order valence-corrected chi connectivity index (χ3v) is 13.0. The van der Waals surface area contributed by atoms with Gasteiger partial charge in [0.1, 0.15) is 0 Å². The van der Waals surface area contributed by atoms with E-state index in [1.54, 1.807) is 0 Å². The second kappa shape index (κ2) is 12.2.